The summed E-state index contributed by atoms with van der Waals surface area (Å²) in [6.07, 6.45) is 0. The first kappa shape index (κ1) is 23.9. The lowest BCUT2D eigenvalue weighted by Crippen LogP contribution is -2.51. The Morgan fingerprint density at radius 2 is 1.75 bits per heavy atom. The molecule has 0 unspecified atom stereocenters. The number of carbonyl (C=O) groups is 3. The number of rotatable bonds is 7. The second-order valence-electron chi connectivity index (χ2n) is 8.13. The number of nitrogens with zero attached hydrogens (tertiary/aromatic N) is 2. The van der Waals surface area contributed by atoms with Gasteiger partial charge in [0.1, 0.15) is 10.6 Å². The van der Waals surface area contributed by atoms with Crippen molar-refractivity contribution >= 4 is 34.1 Å². The SMILES string of the molecule is CCOC(=O)c1c(NC(=O)CN2CCN(C(=O)C(C)C)CC2)sc(C)c1-c1ccccc1. The van der Waals surface area contributed by atoms with E-state index in [-0.39, 0.29) is 30.9 Å². The lowest BCUT2D eigenvalue weighted by atomic mass is 10.0. The van der Waals surface area contributed by atoms with Gasteiger partial charge in [-0.15, -0.1) is 11.3 Å². The van der Waals surface area contributed by atoms with Gasteiger partial charge in [0.2, 0.25) is 11.8 Å². The van der Waals surface area contributed by atoms with Crippen LogP contribution in [0.5, 0.6) is 0 Å². The molecule has 2 aromatic rings. The molecule has 1 aliphatic rings. The third kappa shape index (κ3) is 5.55. The van der Waals surface area contributed by atoms with Gasteiger partial charge in [0.15, 0.2) is 0 Å². The number of carbonyl (C=O) groups excluding carboxylic acids is 3. The first-order valence-corrected chi connectivity index (χ1v) is 11.8. The van der Waals surface area contributed by atoms with Gasteiger partial charge in [0.25, 0.3) is 0 Å². The lowest BCUT2D eigenvalue weighted by molar-refractivity contribution is -0.136. The summed E-state index contributed by atoms with van der Waals surface area (Å²) in [5.74, 6) is -0.491. The largest absolute Gasteiger partial charge is 0.462 e. The van der Waals surface area contributed by atoms with Gasteiger partial charge in [0.05, 0.1) is 13.2 Å². The van der Waals surface area contributed by atoms with E-state index < -0.39 is 5.97 Å². The summed E-state index contributed by atoms with van der Waals surface area (Å²) < 4.78 is 5.30. The van der Waals surface area contributed by atoms with Gasteiger partial charge in [-0.05, 0) is 19.4 Å². The Morgan fingerprint density at radius 3 is 2.34 bits per heavy atom. The van der Waals surface area contributed by atoms with E-state index in [2.05, 4.69) is 5.32 Å². The van der Waals surface area contributed by atoms with Crippen LogP contribution < -0.4 is 5.32 Å². The zero-order chi connectivity index (χ0) is 23.3. The van der Waals surface area contributed by atoms with Crippen molar-refractivity contribution in [2.75, 3.05) is 44.6 Å². The standard InChI is InChI=1S/C24H31N3O4S/c1-5-31-24(30)21-20(18-9-7-6-8-10-18)17(4)32-22(21)25-19(28)15-26-11-13-27(14-12-26)23(29)16(2)3/h6-10,16H,5,11-15H2,1-4H3,(H,25,28). The zero-order valence-electron chi connectivity index (χ0n) is 19.1. The number of aryl methyl sites for hydroxylation is 1. The summed E-state index contributed by atoms with van der Waals surface area (Å²) >= 11 is 1.38. The van der Waals surface area contributed by atoms with E-state index in [0.717, 1.165) is 16.0 Å². The Kier molecular flexibility index (Phi) is 8.04. The molecule has 3 rings (SSSR count). The summed E-state index contributed by atoms with van der Waals surface area (Å²) in [6.45, 7) is 10.5. The van der Waals surface area contributed by atoms with E-state index >= 15 is 0 Å². The third-order valence-electron chi connectivity index (χ3n) is 5.42. The number of hydrogen-bond acceptors (Lipinski definition) is 6. The molecule has 1 aromatic carbocycles. The van der Waals surface area contributed by atoms with Crippen molar-refractivity contribution in [3.8, 4) is 11.1 Å². The Hall–Kier alpha value is -2.71. The minimum absolute atomic E-state index is 0.0213. The molecule has 1 saturated heterocycles. The zero-order valence-corrected chi connectivity index (χ0v) is 20.0. The molecule has 0 spiro atoms. The fourth-order valence-corrected chi connectivity index (χ4v) is 4.92. The molecule has 0 bridgehead atoms. The van der Waals surface area contributed by atoms with Crippen LogP contribution >= 0.6 is 11.3 Å². The van der Waals surface area contributed by atoms with Crippen LogP contribution in [0.1, 0.15) is 36.0 Å². The minimum atomic E-state index is -0.438. The molecule has 1 aromatic heterocycles. The minimum Gasteiger partial charge on any atom is -0.462 e. The van der Waals surface area contributed by atoms with Crippen LogP contribution in [0.3, 0.4) is 0 Å². The van der Waals surface area contributed by atoms with E-state index in [9.17, 15) is 14.4 Å². The first-order chi connectivity index (χ1) is 15.3. The van der Waals surface area contributed by atoms with Crippen molar-refractivity contribution in [3.05, 3.63) is 40.8 Å². The highest BCUT2D eigenvalue weighted by Gasteiger charge is 2.27. The van der Waals surface area contributed by atoms with E-state index in [0.29, 0.717) is 36.7 Å². The molecular formula is C24H31N3O4S. The average Bonchev–Trinajstić information content (AvgIpc) is 3.09. The second kappa shape index (κ2) is 10.7. The highest BCUT2D eigenvalue weighted by atomic mass is 32.1. The van der Waals surface area contributed by atoms with Crippen LogP contribution in [0.15, 0.2) is 30.3 Å². The van der Waals surface area contributed by atoms with Crippen LogP contribution in [0.2, 0.25) is 0 Å². The van der Waals surface area contributed by atoms with Gasteiger partial charge < -0.3 is 15.0 Å². The van der Waals surface area contributed by atoms with Gasteiger partial charge in [-0.1, -0.05) is 44.2 Å². The maximum Gasteiger partial charge on any atom is 0.341 e. The van der Waals surface area contributed by atoms with Crippen LogP contribution in [-0.2, 0) is 14.3 Å². The molecule has 1 aliphatic heterocycles. The van der Waals surface area contributed by atoms with E-state index in [1.54, 1.807) is 6.92 Å². The highest BCUT2D eigenvalue weighted by molar-refractivity contribution is 7.17. The van der Waals surface area contributed by atoms with Gasteiger partial charge in [-0.25, -0.2) is 4.79 Å². The van der Waals surface area contributed by atoms with E-state index in [1.165, 1.54) is 11.3 Å². The van der Waals surface area contributed by atoms with E-state index in [4.69, 9.17) is 4.74 Å². The van der Waals surface area contributed by atoms with Crippen LogP contribution in [-0.4, -0.2) is 66.9 Å². The average molecular weight is 458 g/mol. The Labute approximate surface area is 193 Å². The third-order valence-corrected chi connectivity index (χ3v) is 6.44. The summed E-state index contributed by atoms with van der Waals surface area (Å²) in [7, 11) is 0. The Balaban J connectivity index is 1.72. The molecule has 0 atom stereocenters. The number of thiophene rings is 1. The maximum absolute atomic E-state index is 12.8. The van der Waals surface area contributed by atoms with Crippen molar-refractivity contribution in [2.45, 2.75) is 27.7 Å². The fraction of sp³-hybridized carbons (Fsp3) is 0.458. The second-order valence-corrected chi connectivity index (χ2v) is 9.35. The van der Waals surface area contributed by atoms with Crippen molar-refractivity contribution in [1.29, 1.82) is 0 Å². The smallest absolute Gasteiger partial charge is 0.341 e. The number of piperazine rings is 1. The molecule has 1 fully saturated rings. The van der Waals surface area contributed by atoms with Crippen molar-refractivity contribution in [1.82, 2.24) is 9.80 Å². The van der Waals surface area contributed by atoms with Crippen LogP contribution in [0.4, 0.5) is 5.00 Å². The van der Waals surface area contributed by atoms with Gasteiger partial charge in [0, 0.05) is 42.5 Å². The predicted octanol–water partition coefficient (Wildman–Crippen LogP) is 3.64. The number of esters is 1. The number of benzene rings is 1. The molecule has 0 saturated carbocycles. The lowest BCUT2D eigenvalue weighted by Gasteiger charge is -2.35. The Morgan fingerprint density at radius 1 is 1.09 bits per heavy atom. The normalized spacial score (nSPS) is 14.5. The molecule has 2 amide bonds. The van der Waals surface area contributed by atoms with E-state index in [1.807, 2.05) is 60.9 Å². The monoisotopic (exact) mass is 457 g/mol. The quantitative estimate of drug-likeness (QED) is 0.642. The van der Waals surface area contributed by atoms with Gasteiger partial charge in [-0.3, -0.25) is 14.5 Å². The van der Waals surface area contributed by atoms with Gasteiger partial charge >= 0.3 is 5.97 Å². The number of amides is 2. The molecule has 7 nitrogen and oxygen atoms in total. The molecule has 32 heavy (non-hydrogen) atoms. The molecule has 8 heteroatoms. The molecular weight excluding hydrogens is 426 g/mol. The first-order valence-electron chi connectivity index (χ1n) is 11.0. The summed E-state index contributed by atoms with van der Waals surface area (Å²) in [5.41, 5.74) is 2.11. The maximum atomic E-state index is 12.8. The summed E-state index contributed by atoms with van der Waals surface area (Å²) in [5, 5.41) is 3.45. The van der Waals surface area contributed by atoms with Gasteiger partial charge in [-0.2, -0.15) is 0 Å². The summed E-state index contributed by atoms with van der Waals surface area (Å²) in [6, 6.07) is 9.65. The summed E-state index contributed by atoms with van der Waals surface area (Å²) in [4.78, 5) is 42.6. The topological polar surface area (TPSA) is 79.0 Å². The van der Waals surface area contributed by atoms with Crippen molar-refractivity contribution in [3.63, 3.8) is 0 Å². The molecule has 1 N–H and O–H groups in total. The van der Waals surface area contributed by atoms with Crippen LogP contribution in [0, 0.1) is 12.8 Å². The van der Waals surface area contributed by atoms with Crippen molar-refractivity contribution < 1.29 is 19.1 Å². The molecule has 172 valence electrons. The highest BCUT2D eigenvalue weighted by Crippen LogP contribution is 2.40. The van der Waals surface area contributed by atoms with Crippen LogP contribution in [0.25, 0.3) is 11.1 Å². The van der Waals surface area contributed by atoms with Crippen molar-refractivity contribution in [2.24, 2.45) is 5.92 Å². The number of anilines is 1. The Bertz CT molecular complexity index is 963. The molecule has 2 heterocycles. The number of hydrogen-bond donors (Lipinski definition) is 1. The predicted molar refractivity (Wildman–Crippen MR) is 127 cm³/mol. The molecule has 0 radical (unpaired) electrons. The fourth-order valence-electron chi connectivity index (χ4n) is 3.84. The number of ether oxygens (including phenoxy) is 1. The molecule has 0 aliphatic carbocycles. The number of nitrogens with one attached hydrogen (secondary N) is 1.